The van der Waals surface area contributed by atoms with Crippen molar-refractivity contribution in [2.75, 3.05) is 47.5 Å². The molecule has 0 saturated heterocycles. The van der Waals surface area contributed by atoms with Gasteiger partial charge in [-0.2, -0.15) is 0 Å². The lowest BCUT2D eigenvalue weighted by molar-refractivity contribution is 0.119. The Balaban J connectivity index is 0.00000676. The molecule has 0 fully saturated rings. The van der Waals surface area contributed by atoms with E-state index in [1.165, 1.54) is 5.56 Å². The summed E-state index contributed by atoms with van der Waals surface area (Å²) >= 11 is 0. The van der Waals surface area contributed by atoms with Crippen molar-refractivity contribution in [1.29, 1.82) is 0 Å². The molecule has 0 radical (unpaired) electrons. The largest absolute Gasteiger partial charge is 0.500 e. The number of rotatable bonds is 14. The van der Waals surface area contributed by atoms with Crippen LogP contribution in [0, 0.1) is 0 Å². The van der Waals surface area contributed by atoms with Gasteiger partial charge in [0, 0.05) is 47.0 Å². The zero-order chi connectivity index (χ0) is 19.3. The van der Waals surface area contributed by atoms with Gasteiger partial charge in [-0.1, -0.05) is 42.5 Å². The smallest absolute Gasteiger partial charge is 0.377 e. The normalized spacial score (nSPS) is 13.1. The summed E-state index contributed by atoms with van der Waals surface area (Å²) in [6, 6.07) is 11.1. The minimum atomic E-state index is -2.51. The van der Waals surface area contributed by atoms with Crippen LogP contribution in [0.4, 0.5) is 0 Å². The summed E-state index contributed by atoms with van der Waals surface area (Å²) in [4.78, 5) is 2.38. The molecule has 0 spiro atoms. The highest BCUT2D eigenvalue weighted by atomic mass is 35.5. The SMILES string of the molecule is CO[Si](CCCN(CC=Cc1ccccc1)C(C)NCCN)(OC)OC.Cl. The lowest BCUT2D eigenvalue weighted by Crippen LogP contribution is -2.47. The first-order chi connectivity index (χ1) is 12.6. The molecule has 0 bridgehead atoms. The zero-order valence-electron chi connectivity index (χ0n) is 17.0. The molecular weight excluding hydrogens is 382 g/mol. The fourth-order valence-corrected chi connectivity index (χ4v) is 4.51. The highest BCUT2D eigenvalue weighted by molar-refractivity contribution is 6.60. The molecule has 1 aromatic rings. The third-order valence-corrected chi connectivity index (χ3v) is 7.27. The van der Waals surface area contributed by atoms with Gasteiger partial charge in [0.15, 0.2) is 0 Å². The molecule has 1 unspecified atom stereocenters. The topological polar surface area (TPSA) is 69.0 Å². The molecule has 1 aromatic carbocycles. The second kappa shape index (κ2) is 15.2. The van der Waals surface area contributed by atoms with Gasteiger partial charge in [0.25, 0.3) is 0 Å². The van der Waals surface area contributed by atoms with Crippen LogP contribution in [0.5, 0.6) is 0 Å². The molecule has 156 valence electrons. The van der Waals surface area contributed by atoms with Gasteiger partial charge >= 0.3 is 8.80 Å². The number of benzene rings is 1. The first-order valence-corrected chi connectivity index (χ1v) is 11.1. The van der Waals surface area contributed by atoms with Crippen LogP contribution in [0.2, 0.25) is 6.04 Å². The third-order valence-electron chi connectivity index (χ3n) is 4.44. The molecule has 0 aliphatic heterocycles. The van der Waals surface area contributed by atoms with Crippen molar-refractivity contribution in [2.45, 2.75) is 25.6 Å². The maximum atomic E-state index is 5.63. The number of halogens is 1. The number of nitrogens with two attached hydrogens (primary N) is 1. The predicted octanol–water partition coefficient (Wildman–Crippen LogP) is 2.59. The van der Waals surface area contributed by atoms with E-state index < -0.39 is 8.80 Å². The summed E-state index contributed by atoms with van der Waals surface area (Å²) in [5.74, 6) is 0. The molecule has 27 heavy (non-hydrogen) atoms. The summed E-state index contributed by atoms with van der Waals surface area (Å²) in [5.41, 5.74) is 6.83. The Morgan fingerprint density at radius 3 is 2.33 bits per heavy atom. The average Bonchev–Trinajstić information content (AvgIpc) is 2.69. The summed E-state index contributed by atoms with van der Waals surface area (Å²) in [7, 11) is 2.46. The summed E-state index contributed by atoms with van der Waals surface area (Å²) in [5, 5.41) is 3.46. The number of nitrogens with one attached hydrogen (secondary N) is 1. The van der Waals surface area contributed by atoms with Crippen LogP contribution in [0.15, 0.2) is 36.4 Å². The molecule has 8 heteroatoms. The van der Waals surface area contributed by atoms with Crippen molar-refractivity contribution in [1.82, 2.24) is 10.2 Å². The van der Waals surface area contributed by atoms with Crippen molar-refractivity contribution in [3.63, 3.8) is 0 Å². The Morgan fingerprint density at radius 2 is 1.78 bits per heavy atom. The van der Waals surface area contributed by atoms with Gasteiger partial charge in [0.2, 0.25) is 0 Å². The molecule has 6 nitrogen and oxygen atoms in total. The summed E-state index contributed by atoms with van der Waals surface area (Å²) in [6.45, 7) is 5.37. The van der Waals surface area contributed by atoms with E-state index in [-0.39, 0.29) is 18.6 Å². The summed E-state index contributed by atoms with van der Waals surface area (Å²) in [6.07, 6.45) is 5.53. The Morgan fingerprint density at radius 1 is 1.15 bits per heavy atom. The van der Waals surface area contributed by atoms with Gasteiger partial charge in [-0.05, 0) is 25.5 Å². The molecular formula is C19H36ClN3O3Si. The highest BCUT2D eigenvalue weighted by Crippen LogP contribution is 2.16. The second-order valence-corrected chi connectivity index (χ2v) is 9.22. The van der Waals surface area contributed by atoms with Gasteiger partial charge in [-0.15, -0.1) is 12.4 Å². The molecule has 0 aliphatic carbocycles. The fraction of sp³-hybridized carbons (Fsp3) is 0.579. The van der Waals surface area contributed by atoms with Gasteiger partial charge in [0.05, 0.1) is 6.17 Å². The monoisotopic (exact) mass is 417 g/mol. The standard InChI is InChI=1S/C19H35N3O3Si.ClH/c1-18(21-14-13-20)22(15-8-12-19-10-6-5-7-11-19)16-9-17-26(23-2,24-3)25-4;/h5-8,10-12,18,21H,9,13-17,20H2,1-4H3;1H. The van der Waals surface area contributed by atoms with Crippen molar-refractivity contribution < 1.29 is 13.3 Å². The number of hydrogen-bond acceptors (Lipinski definition) is 6. The van der Waals surface area contributed by atoms with Gasteiger partial charge in [-0.3, -0.25) is 4.90 Å². The second-order valence-electron chi connectivity index (χ2n) is 6.13. The number of nitrogens with zero attached hydrogens (tertiary/aromatic N) is 1. The minimum Gasteiger partial charge on any atom is -0.377 e. The van der Waals surface area contributed by atoms with Crippen molar-refractivity contribution in [3.05, 3.63) is 42.0 Å². The average molecular weight is 418 g/mol. The van der Waals surface area contributed by atoms with Crippen LogP contribution in [-0.4, -0.2) is 67.4 Å². The quantitative estimate of drug-likeness (QED) is 0.358. The van der Waals surface area contributed by atoms with Crippen LogP contribution in [-0.2, 0) is 13.3 Å². The molecule has 0 aliphatic rings. The lowest BCUT2D eigenvalue weighted by atomic mass is 10.2. The van der Waals surface area contributed by atoms with Crippen LogP contribution in [0.1, 0.15) is 18.9 Å². The fourth-order valence-electron chi connectivity index (χ4n) is 2.81. The minimum absolute atomic E-state index is 0. The molecule has 3 N–H and O–H groups in total. The predicted molar refractivity (Wildman–Crippen MR) is 117 cm³/mol. The van der Waals surface area contributed by atoms with Crippen molar-refractivity contribution in [3.8, 4) is 0 Å². The van der Waals surface area contributed by atoms with E-state index in [2.05, 4.69) is 41.4 Å². The summed E-state index contributed by atoms with van der Waals surface area (Å²) < 4.78 is 16.5. The van der Waals surface area contributed by atoms with Crippen LogP contribution in [0.3, 0.4) is 0 Å². The third kappa shape index (κ3) is 9.82. The Hall–Kier alpha value is -0.773. The maximum absolute atomic E-state index is 5.63. The molecule has 0 amide bonds. The first kappa shape index (κ1) is 26.2. The van der Waals surface area contributed by atoms with Gasteiger partial charge < -0.3 is 24.3 Å². The molecule has 0 saturated carbocycles. The van der Waals surface area contributed by atoms with Crippen LogP contribution < -0.4 is 11.1 Å². The Labute approximate surface area is 171 Å². The molecule has 1 rings (SSSR count). The van der Waals surface area contributed by atoms with E-state index in [1.807, 2.05) is 18.2 Å². The van der Waals surface area contributed by atoms with E-state index in [4.69, 9.17) is 19.0 Å². The number of hydrogen-bond donors (Lipinski definition) is 2. The van der Waals surface area contributed by atoms with E-state index in [1.54, 1.807) is 21.3 Å². The van der Waals surface area contributed by atoms with E-state index in [0.717, 1.165) is 32.1 Å². The zero-order valence-corrected chi connectivity index (χ0v) is 18.8. The molecule has 0 aromatic heterocycles. The Bertz CT molecular complexity index is 496. The van der Waals surface area contributed by atoms with Crippen molar-refractivity contribution in [2.24, 2.45) is 5.73 Å². The van der Waals surface area contributed by atoms with E-state index in [9.17, 15) is 0 Å². The van der Waals surface area contributed by atoms with E-state index >= 15 is 0 Å². The first-order valence-electron chi connectivity index (χ1n) is 9.15. The lowest BCUT2D eigenvalue weighted by Gasteiger charge is -2.30. The van der Waals surface area contributed by atoms with Crippen LogP contribution in [0.25, 0.3) is 6.08 Å². The Kier molecular flexibility index (Phi) is 14.7. The molecule has 0 heterocycles. The highest BCUT2D eigenvalue weighted by Gasteiger charge is 2.37. The van der Waals surface area contributed by atoms with Crippen LogP contribution >= 0.6 is 12.4 Å². The van der Waals surface area contributed by atoms with E-state index in [0.29, 0.717) is 6.54 Å². The van der Waals surface area contributed by atoms with Gasteiger partial charge in [0.1, 0.15) is 0 Å². The maximum Gasteiger partial charge on any atom is 0.500 e. The molecule has 1 atom stereocenters. The van der Waals surface area contributed by atoms with Gasteiger partial charge in [-0.25, -0.2) is 0 Å². The van der Waals surface area contributed by atoms with Crippen molar-refractivity contribution >= 4 is 27.3 Å².